The van der Waals surface area contributed by atoms with E-state index in [2.05, 4.69) is 25.5 Å². The Kier molecular flexibility index (Phi) is 3.31. The standard InChI is InChI=1S/C9H11ClN6/c1-2-16-6-14-15-7(16)5-13-9-8(10)11-3-4-12-9/h3-4,6H,2,5H2,1H3,(H,12,13). The van der Waals surface area contributed by atoms with E-state index in [1.807, 2.05) is 11.5 Å². The molecule has 7 heteroatoms. The van der Waals surface area contributed by atoms with E-state index in [0.29, 0.717) is 17.5 Å². The predicted octanol–water partition coefficient (Wildman–Crippen LogP) is 1.35. The molecular weight excluding hydrogens is 228 g/mol. The Morgan fingerprint density at radius 1 is 1.38 bits per heavy atom. The van der Waals surface area contributed by atoms with Crippen molar-refractivity contribution in [1.29, 1.82) is 0 Å². The number of aryl methyl sites for hydroxylation is 1. The molecule has 2 heterocycles. The van der Waals surface area contributed by atoms with E-state index in [4.69, 9.17) is 11.6 Å². The molecule has 6 nitrogen and oxygen atoms in total. The second-order valence-electron chi connectivity index (χ2n) is 3.08. The number of hydrogen-bond donors (Lipinski definition) is 1. The average Bonchev–Trinajstić information content (AvgIpc) is 2.75. The van der Waals surface area contributed by atoms with E-state index in [-0.39, 0.29) is 0 Å². The quantitative estimate of drug-likeness (QED) is 0.871. The summed E-state index contributed by atoms with van der Waals surface area (Å²) < 4.78 is 1.94. The Balaban J connectivity index is 2.05. The summed E-state index contributed by atoms with van der Waals surface area (Å²) >= 11 is 5.86. The molecule has 0 saturated heterocycles. The highest BCUT2D eigenvalue weighted by Crippen LogP contribution is 2.14. The summed E-state index contributed by atoms with van der Waals surface area (Å²) in [5.74, 6) is 1.39. The summed E-state index contributed by atoms with van der Waals surface area (Å²) in [5, 5.41) is 11.2. The number of nitrogens with zero attached hydrogens (tertiary/aromatic N) is 5. The van der Waals surface area contributed by atoms with Gasteiger partial charge in [0.05, 0.1) is 6.54 Å². The van der Waals surface area contributed by atoms with Crippen LogP contribution in [0.1, 0.15) is 12.7 Å². The smallest absolute Gasteiger partial charge is 0.171 e. The average molecular weight is 239 g/mol. The molecule has 0 amide bonds. The van der Waals surface area contributed by atoms with Crippen molar-refractivity contribution in [1.82, 2.24) is 24.7 Å². The van der Waals surface area contributed by atoms with Crippen LogP contribution in [-0.2, 0) is 13.1 Å². The number of hydrogen-bond acceptors (Lipinski definition) is 5. The molecule has 0 aliphatic heterocycles. The molecule has 0 bridgehead atoms. The van der Waals surface area contributed by atoms with Crippen LogP contribution in [0.15, 0.2) is 18.7 Å². The van der Waals surface area contributed by atoms with Gasteiger partial charge in [0.1, 0.15) is 6.33 Å². The van der Waals surface area contributed by atoms with Gasteiger partial charge in [0, 0.05) is 18.9 Å². The van der Waals surface area contributed by atoms with Crippen molar-refractivity contribution >= 4 is 17.4 Å². The maximum atomic E-state index is 5.86. The Hall–Kier alpha value is -1.69. The van der Waals surface area contributed by atoms with Crippen molar-refractivity contribution in [3.63, 3.8) is 0 Å². The number of rotatable bonds is 4. The third kappa shape index (κ3) is 2.27. The Labute approximate surface area is 97.7 Å². The highest BCUT2D eigenvalue weighted by atomic mass is 35.5. The number of halogens is 1. The molecule has 0 radical (unpaired) electrons. The van der Waals surface area contributed by atoms with Gasteiger partial charge in [-0.1, -0.05) is 11.6 Å². The highest BCUT2D eigenvalue weighted by Gasteiger charge is 2.05. The van der Waals surface area contributed by atoms with Gasteiger partial charge >= 0.3 is 0 Å². The molecule has 0 aromatic carbocycles. The fourth-order valence-corrected chi connectivity index (χ4v) is 1.45. The van der Waals surface area contributed by atoms with Crippen LogP contribution in [0.3, 0.4) is 0 Å². The van der Waals surface area contributed by atoms with E-state index in [1.165, 1.54) is 0 Å². The summed E-state index contributed by atoms with van der Waals surface area (Å²) in [7, 11) is 0. The van der Waals surface area contributed by atoms with Crippen molar-refractivity contribution in [3.05, 3.63) is 29.7 Å². The topological polar surface area (TPSA) is 68.5 Å². The number of anilines is 1. The summed E-state index contributed by atoms with van der Waals surface area (Å²) in [6.07, 6.45) is 4.82. The molecule has 2 rings (SSSR count). The van der Waals surface area contributed by atoms with Crippen LogP contribution in [-0.4, -0.2) is 24.7 Å². The normalized spacial score (nSPS) is 10.4. The lowest BCUT2D eigenvalue weighted by Gasteiger charge is -2.06. The van der Waals surface area contributed by atoms with Crippen LogP contribution < -0.4 is 5.32 Å². The van der Waals surface area contributed by atoms with E-state index in [0.717, 1.165) is 12.4 Å². The molecule has 0 saturated carbocycles. The largest absolute Gasteiger partial charge is 0.360 e. The monoisotopic (exact) mass is 238 g/mol. The van der Waals surface area contributed by atoms with E-state index in [9.17, 15) is 0 Å². The highest BCUT2D eigenvalue weighted by molar-refractivity contribution is 6.31. The zero-order valence-corrected chi connectivity index (χ0v) is 9.52. The number of nitrogens with one attached hydrogen (secondary N) is 1. The SMILES string of the molecule is CCn1cnnc1CNc1nccnc1Cl. The summed E-state index contributed by atoms with van der Waals surface area (Å²) in [6.45, 7) is 3.38. The summed E-state index contributed by atoms with van der Waals surface area (Å²) in [4.78, 5) is 7.99. The van der Waals surface area contributed by atoms with Crippen LogP contribution in [0.2, 0.25) is 5.15 Å². The van der Waals surface area contributed by atoms with Crippen LogP contribution in [0, 0.1) is 0 Å². The third-order valence-corrected chi connectivity index (χ3v) is 2.38. The lowest BCUT2D eigenvalue weighted by atomic mass is 10.5. The van der Waals surface area contributed by atoms with Gasteiger partial charge < -0.3 is 9.88 Å². The second kappa shape index (κ2) is 4.89. The molecular formula is C9H11ClN6. The minimum absolute atomic E-state index is 0.352. The Morgan fingerprint density at radius 2 is 2.19 bits per heavy atom. The molecule has 2 aromatic heterocycles. The molecule has 0 atom stereocenters. The van der Waals surface area contributed by atoms with Crippen molar-refractivity contribution < 1.29 is 0 Å². The van der Waals surface area contributed by atoms with Crippen molar-refractivity contribution in [2.75, 3.05) is 5.32 Å². The number of aromatic nitrogens is 5. The van der Waals surface area contributed by atoms with E-state index >= 15 is 0 Å². The predicted molar refractivity (Wildman–Crippen MR) is 60.1 cm³/mol. The molecule has 1 N–H and O–H groups in total. The minimum Gasteiger partial charge on any atom is -0.360 e. The molecule has 16 heavy (non-hydrogen) atoms. The first kappa shape index (κ1) is 10.8. The van der Waals surface area contributed by atoms with Gasteiger partial charge in [-0.2, -0.15) is 0 Å². The fraction of sp³-hybridized carbons (Fsp3) is 0.333. The van der Waals surface area contributed by atoms with Crippen LogP contribution in [0.25, 0.3) is 0 Å². The molecule has 84 valence electrons. The van der Waals surface area contributed by atoms with Gasteiger partial charge in [-0.3, -0.25) is 0 Å². The van der Waals surface area contributed by atoms with Gasteiger partial charge in [-0.25, -0.2) is 9.97 Å². The molecule has 0 fully saturated rings. The molecule has 2 aromatic rings. The van der Waals surface area contributed by atoms with Crippen LogP contribution in [0.4, 0.5) is 5.82 Å². The molecule has 0 aliphatic carbocycles. The van der Waals surface area contributed by atoms with Crippen LogP contribution >= 0.6 is 11.6 Å². The fourth-order valence-electron chi connectivity index (χ4n) is 1.28. The molecule has 0 aliphatic rings. The first-order valence-electron chi connectivity index (χ1n) is 4.88. The van der Waals surface area contributed by atoms with Gasteiger partial charge in [0.25, 0.3) is 0 Å². The zero-order valence-electron chi connectivity index (χ0n) is 8.76. The summed E-state index contributed by atoms with van der Waals surface area (Å²) in [6, 6.07) is 0. The first-order valence-corrected chi connectivity index (χ1v) is 5.26. The van der Waals surface area contributed by atoms with Gasteiger partial charge in [0.15, 0.2) is 16.8 Å². The van der Waals surface area contributed by atoms with Crippen LogP contribution in [0.5, 0.6) is 0 Å². The van der Waals surface area contributed by atoms with Gasteiger partial charge in [-0.05, 0) is 6.92 Å². The first-order chi connectivity index (χ1) is 7.81. The van der Waals surface area contributed by atoms with E-state index < -0.39 is 0 Å². The lowest BCUT2D eigenvalue weighted by molar-refractivity contribution is 0.707. The maximum absolute atomic E-state index is 5.86. The Bertz CT molecular complexity index is 469. The van der Waals surface area contributed by atoms with Crippen molar-refractivity contribution in [2.45, 2.75) is 20.0 Å². The van der Waals surface area contributed by atoms with Crippen molar-refractivity contribution in [3.8, 4) is 0 Å². The zero-order chi connectivity index (χ0) is 11.4. The van der Waals surface area contributed by atoms with Gasteiger partial charge in [-0.15, -0.1) is 10.2 Å². The van der Waals surface area contributed by atoms with Crippen molar-refractivity contribution in [2.24, 2.45) is 0 Å². The lowest BCUT2D eigenvalue weighted by Crippen LogP contribution is -2.08. The third-order valence-electron chi connectivity index (χ3n) is 2.10. The Morgan fingerprint density at radius 3 is 2.94 bits per heavy atom. The second-order valence-corrected chi connectivity index (χ2v) is 3.44. The minimum atomic E-state index is 0.352. The molecule has 0 spiro atoms. The maximum Gasteiger partial charge on any atom is 0.171 e. The van der Waals surface area contributed by atoms with Gasteiger partial charge in [0.2, 0.25) is 0 Å². The summed E-state index contributed by atoms with van der Waals surface area (Å²) in [5.41, 5.74) is 0. The van der Waals surface area contributed by atoms with E-state index in [1.54, 1.807) is 18.7 Å². The molecule has 0 unspecified atom stereocenters.